The van der Waals surface area contributed by atoms with Crippen molar-refractivity contribution in [2.75, 3.05) is 0 Å². The SMILES string of the molecule is CCc1nc2ccccc2c(=O)n1-c1nc2ccccc2s1. The Balaban J connectivity index is 2.08. The summed E-state index contributed by atoms with van der Waals surface area (Å²) in [5, 5.41) is 1.31. The molecule has 0 bridgehead atoms. The van der Waals surface area contributed by atoms with Crippen LogP contribution in [0, 0.1) is 0 Å². The van der Waals surface area contributed by atoms with E-state index in [9.17, 15) is 4.79 Å². The van der Waals surface area contributed by atoms with Gasteiger partial charge in [0.15, 0.2) is 5.13 Å². The molecule has 0 aliphatic heterocycles. The molecule has 4 nitrogen and oxygen atoms in total. The first-order valence-corrected chi connectivity index (χ1v) is 7.96. The number of aryl methyl sites for hydroxylation is 1. The molecule has 0 amide bonds. The van der Waals surface area contributed by atoms with Crippen molar-refractivity contribution in [1.29, 1.82) is 0 Å². The van der Waals surface area contributed by atoms with Gasteiger partial charge in [0.2, 0.25) is 0 Å². The second-order valence-electron chi connectivity index (χ2n) is 5.00. The van der Waals surface area contributed by atoms with Crippen LogP contribution in [0.15, 0.2) is 53.3 Å². The Kier molecular flexibility index (Phi) is 3.01. The van der Waals surface area contributed by atoms with Crippen LogP contribution in [0.3, 0.4) is 0 Å². The molecule has 0 N–H and O–H groups in total. The first-order chi connectivity index (χ1) is 10.8. The van der Waals surface area contributed by atoms with Crippen LogP contribution in [0.5, 0.6) is 0 Å². The van der Waals surface area contributed by atoms with Gasteiger partial charge < -0.3 is 0 Å². The monoisotopic (exact) mass is 307 g/mol. The lowest BCUT2D eigenvalue weighted by molar-refractivity contribution is 0.829. The van der Waals surface area contributed by atoms with Gasteiger partial charge in [0, 0.05) is 6.42 Å². The second kappa shape index (κ2) is 5.03. The van der Waals surface area contributed by atoms with E-state index in [0.717, 1.165) is 21.6 Å². The molecule has 0 unspecified atom stereocenters. The van der Waals surface area contributed by atoms with Crippen LogP contribution in [0.4, 0.5) is 0 Å². The molecule has 0 saturated carbocycles. The number of hydrogen-bond acceptors (Lipinski definition) is 4. The number of nitrogens with zero attached hydrogens (tertiary/aromatic N) is 3. The Bertz CT molecular complexity index is 1020. The molecule has 0 atom stereocenters. The summed E-state index contributed by atoms with van der Waals surface area (Å²) in [6.07, 6.45) is 0.677. The molecule has 0 aliphatic rings. The number of hydrogen-bond donors (Lipinski definition) is 0. The molecule has 4 aromatic rings. The fourth-order valence-corrected chi connectivity index (χ4v) is 3.55. The largest absolute Gasteiger partial charge is 0.268 e. The maximum Gasteiger partial charge on any atom is 0.267 e. The fourth-order valence-electron chi connectivity index (χ4n) is 2.57. The third-order valence-corrected chi connectivity index (χ3v) is 4.66. The van der Waals surface area contributed by atoms with E-state index in [2.05, 4.69) is 9.97 Å². The highest BCUT2D eigenvalue weighted by atomic mass is 32.1. The molecule has 5 heteroatoms. The minimum Gasteiger partial charge on any atom is -0.268 e. The van der Waals surface area contributed by atoms with Gasteiger partial charge in [-0.2, -0.15) is 0 Å². The van der Waals surface area contributed by atoms with Gasteiger partial charge in [-0.3, -0.25) is 4.79 Å². The quantitative estimate of drug-likeness (QED) is 0.569. The fraction of sp³-hybridized carbons (Fsp3) is 0.118. The van der Waals surface area contributed by atoms with Crippen LogP contribution in [0.1, 0.15) is 12.7 Å². The van der Waals surface area contributed by atoms with Crippen molar-refractivity contribution in [3.8, 4) is 5.13 Å². The number of thiazole rings is 1. The summed E-state index contributed by atoms with van der Waals surface area (Å²) >= 11 is 1.51. The Labute approximate surface area is 130 Å². The first kappa shape index (κ1) is 13.2. The standard InChI is InChI=1S/C17H13N3OS/c1-2-15-18-12-8-4-3-7-11(12)16(21)20(15)17-19-13-9-5-6-10-14(13)22-17/h3-10H,2H2,1H3. The van der Waals surface area contributed by atoms with Crippen molar-refractivity contribution in [2.45, 2.75) is 13.3 Å². The Morgan fingerprint density at radius 1 is 1.00 bits per heavy atom. The molecule has 0 aliphatic carbocycles. The Morgan fingerprint density at radius 3 is 2.50 bits per heavy atom. The average molecular weight is 307 g/mol. The zero-order valence-corrected chi connectivity index (χ0v) is 12.8. The van der Waals surface area contributed by atoms with Crippen LogP contribution in [-0.2, 0) is 6.42 Å². The van der Waals surface area contributed by atoms with E-state index in [0.29, 0.717) is 16.9 Å². The summed E-state index contributed by atoms with van der Waals surface area (Å²) in [5.74, 6) is 0.739. The van der Waals surface area contributed by atoms with Crippen molar-refractivity contribution < 1.29 is 0 Å². The summed E-state index contributed by atoms with van der Waals surface area (Å²) in [4.78, 5) is 22.1. The number of benzene rings is 2. The molecule has 22 heavy (non-hydrogen) atoms. The lowest BCUT2D eigenvalue weighted by Crippen LogP contribution is -2.23. The molecule has 2 aromatic carbocycles. The minimum absolute atomic E-state index is 0.0542. The molecular weight excluding hydrogens is 294 g/mol. The number of aromatic nitrogens is 3. The van der Waals surface area contributed by atoms with E-state index in [1.807, 2.05) is 55.5 Å². The van der Waals surface area contributed by atoms with Crippen molar-refractivity contribution in [3.05, 3.63) is 64.7 Å². The van der Waals surface area contributed by atoms with Crippen LogP contribution >= 0.6 is 11.3 Å². The third kappa shape index (κ3) is 1.94. The van der Waals surface area contributed by atoms with E-state index >= 15 is 0 Å². The van der Waals surface area contributed by atoms with Gasteiger partial charge in [0.1, 0.15) is 5.82 Å². The molecule has 4 rings (SSSR count). The lowest BCUT2D eigenvalue weighted by atomic mass is 10.2. The highest BCUT2D eigenvalue weighted by molar-refractivity contribution is 7.20. The van der Waals surface area contributed by atoms with Crippen molar-refractivity contribution in [2.24, 2.45) is 0 Å². The summed E-state index contributed by atoms with van der Waals surface area (Å²) < 4.78 is 2.71. The van der Waals surface area contributed by atoms with Gasteiger partial charge in [-0.25, -0.2) is 14.5 Å². The summed E-state index contributed by atoms with van der Waals surface area (Å²) in [6, 6.07) is 15.4. The summed E-state index contributed by atoms with van der Waals surface area (Å²) in [5.41, 5.74) is 1.59. The van der Waals surface area contributed by atoms with Gasteiger partial charge in [0.25, 0.3) is 5.56 Å². The molecule has 108 valence electrons. The molecule has 0 saturated heterocycles. The van der Waals surface area contributed by atoms with Crippen molar-refractivity contribution >= 4 is 32.5 Å². The molecule has 0 spiro atoms. The molecule has 0 fully saturated rings. The Hall–Kier alpha value is -2.53. The zero-order chi connectivity index (χ0) is 15.1. The summed E-state index contributed by atoms with van der Waals surface area (Å²) in [6.45, 7) is 2.00. The topological polar surface area (TPSA) is 47.8 Å². The number of fused-ring (bicyclic) bond motifs is 2. The van der Waals surface area contributed by atoms with Crippen molar-refractivity contribution in [3.63, 3.8) is 0 Å². The molecule has 2 heterocycles. The lowest BCUT2D eigenvalue weighted by Gasteiger charge is -2.09. The van der Waals surface area contributed by atoms with Crippen LogP contribution < -0.4 is 5.56 Å². The molecular formula is C17H13N3OS. The van der Waals surface area contributed by atoms with E-state index < -0.39 is 0 Å². The second-order valence-corrected chi connectivity index (χ2v) is 6.01. The van der Waals surface area contributed by atoms with Crippen LogP contribution in [-0.4, -0.2) is 14.5 Å². The maximum absolute atomic E-state index is 12.9. The van der Waals surface area contributed by atoms with E-state index in [-0.39, 0.29) is 5.56 Å². The van der Waals surface area contributed by atoms with Crippen LogP contribution in [0.25, 0.3) is 26.3 Å². The normalized spacial score (nSPS) is 11.3. The zero-order valence-electron chi connectivity index (χ0n) is 12.0. The van der Waals surface area contributed by atoms with Gasteiger partial charge in [-0.15, -0.1) is 0 Å². The highest BCUT2D eigenvalue weighted by Gasteiger charge is 2.14. The first-order valence-electron chi connectivity index (χ1n) is 7.14. The predicted molar refractivity (Wildman–Crippen MR) is 89.9 cm³/mol. The smallest absolute Gasteiger partial charge is 0.267 e. The predicted octanol–water partition coefficient (Wildman–Crippen LogP) is 3.56. The van der Waals surface area contributed by atoms with E-state index in [1.165, 1.54) is 11.3 Å². The number of para-hydroxylation sites is 2. The summed E-state index contributed by atoms with van der Waals surface area (Å²) in [7, 11) is 0. The Morgan fingerprint density at radius 2 is 1.73 bits per heavy atom. The highest BCUT2D eigenvalue weighted by Crippen LogP contribution is 2.25. The van der Waals surface area contributed by atoms with Gasteiger partial charge in [-0.05, 0) is 24.3 Å². The van der Waals surface area contributed by atoms with Gasteiger partial charge in [0.05, 0.1) is 21.1 Å². The molecule has 0 radical (unpaired) electrons. The number of rotatable bonds is 2. The van der Waals surface area contributed by atoms with Crippen LogP contribution in [0.2, 0.25) is 0 Å². The average Bonchev–Trinajstić information content (AvgIpc) is 2.98. The maximum atomic E-state index is 12.9. The van der Waals surface area contributed by atoms with Gasteiger partial charge in [-0.1, -0.05) is 42.5 Å². The molecule has 2 aromatic heterocycles. The third-order valence-electron chi connectivity index (χ3n) is 3.64. The van der Waals surface area contributed by atoms with E-state index in [1.54, 1.807) is 4.57 Å². The van der Waals surface area contributed by atoms with Crippen molar-refractivity contribution in [1.82, 2.24) is 14.5 Å². The minimum atomic E-state index is -0.0542. The van der Waals surface area contributed by atoms with Gasteiger partial charge >= 0.3 is 0 Å². The van der Waals surface area contributed by atoms with E-state index in [4.69, 9.17) is 0 Å².